The molecule has 2 rings (SSSR count). The summed E-state index contributed by atoms with van der Waals surface area (Å²) in [5, 5.41) is -0.511. The summed E-state index contributed by atoms with van der Waals surface area (Å²) in [6.45, 7) is 5.83. The van der Waals surface area contributed by atoms with Crippen LogP contribution in [-0.4, -0.2) is 48.9 Å². The molecule has 0 atom stereocenters. The van der Waals surface area contributed by atoms with E-state index in [-0.39, 0.29) is 4.91 Å². The van der Waals surface area contributed by atoms with Gasteiger partial charge in [-0.3, -0.25) is 19.3 Å². The Hall–Kier alpha value is -2.74. The number of nitrogens with zero attached hydrogens (tertiary/aromatic N) is 1. The van der Waals surface area contributed by atoms with Gasteiger partial charge in [-0.1, -0.05) is 18.7 Å². The number of benzene rings is 1. The van der Waals surface area contributed by atoms with Crippen molar-refractivity contribution in [3.8, 4) is 11.5 Å². The maximum absolute atomic E-state index is 12.3. The zero-order valence-corrected chi connectivity index (χ0v) is 15.3. The van der Waals surface area contributed by atoms with Gasteiger partial charge in [-0.05, 0) is 42.5 Å². The SMILES string of the molecule is C=CCOc1ccc(/C=C2/SC(=O)N(CC(=O)OC)C2=O)cc1OCC. The number of carbonyl (C=O) groups excluding carboxylic acids is 3. The number of rotatable bonds is 8. The Balaban J connectivity index is 2.24. The third-order valence-electron chi connectivity index (χ3n) is 3.31. The van der Waals surface area contributed by atoms with E-state index in [1.165, 1.54) is 7.11 Å². The Morgan fingerprint density at radius 2 is 2.04 bits per heavy atom. The molecule has 0 spiro atoms. The monoisotopic (exact) mass is 377 g/mol. The third kappa shape index (κ3) is 4.66. The van der Waals surface area contributed by atoms with Gasteiger partial charge < -0.3 is 14.2 Å². The Morgan fingerprint density at radius 1 is 1.27 bits per heavy atom. The largest absolute Gasteiger partial charge is 0.490 e. The molecule has 0 N–H and O–H groups in total. The predicted octanol–water partition coefficient (Wildman–Crippen LogP) is 2.86. The lowest BCUT2D eigenvalue weighted by Crippen LogP contribution is -2.34. The lowest BCUT2D eigenvalue weighted by atomic mass is 10.2. The summed E-state index contributed by atoms with van der Waals surface area (Å²) in [6, 6.07) is 5.18. The molecule has 0 aromatic heterocycles. The molecule has 7 nitrogen and oxygen atoms in total. The van der Waals surface area contributed by atoms with Gasteiger partial charge in [-0.15, -0.1) is 0 Å². The average molecular weight is 377 g/mol. The predicted molar refractivity (Wildman–Crippen MR) is 98.0 cm³/mol. The average Bonchev–Trinajstić information content (AvgIpc) is 2.88. The van der Waals surface area contributed by atoms with Crippen LogP contribution in [0.5, 0.6) is 11.5 Å². The first kappa shape index (κ1) is 19.6. The number of esters is 1. The van der Waals surface area contributed by atoms with Crippen LogP contribution >= 0.6 is 11.8 Å². The van der Waals surface area contributed by atoms with Gasteiger partial charge in [-0.25, -0.2) is 0 Å². The van der Waals surface area contributed by atoms with Crippen LogP contribution in [-0.2, 0) is 14.3 Å². The van der Waals surface area contributed by atoms with Gasteiger partial charge in [0.05, 0.1) is 18.6 Å². The fraction of sp³-hybridized carbons (Fsp3) is 0.278. The van der Waals surface area contributed by atoms with Gasteiger partial charge in [0, 0.05) is 0 Å². The molecule has 8 heteroatoms. The minimum Gasteiger partial charge on any atom is -0.490 e. The molecular formula is C18H19NO6S. The van der Waals surface area contributed by atoms with E-state index in [1.54, 1.807) is 30.4 Å². The summed E-state index contributed by atoms with van der Waals surface area (Å²) >= 11 is 0.772. The van der Waals surface area contributed by atoms with Crippen molar-refractivity contribution in [2.45, 2.75) is 6.92 Å². The first-order chi connectivity index (χ1) is 12.5. The Morgan fingerprint density at radius 3 is 2.69 bits per heavy atom. The minimum atomic E-state index is -0.657. The third-order valence-corrected chi connectivity index (χ3v) is 4.22. The van der Waals surface area contributed by atoms with Crippen LogP contribution in [0.3, 0.4) is 0 Å². The van der Waals surface area contributed by atoms with Crippen LogP contribution in [0.4, 0.5) is 4.79 Å². The summed E-state index contributed by atoms with van der Waals surface area (Å²) in [4.78, 5) is 36.7. The molecule has 1 aliphatic rings. The molecule has 2 amide bonds. The van der Waals surface area contributed by atoms with Crippen molar-refractivity contribution in [1.82, 2.24) is 4.90 Å². The molecule has 0 aliphatic carbocycles. The van der Waals surface area contributed by atoms with Crippen LogP contribution in [0.1, 0.15) is 12.5 Å². The van der Waals surface area contributed by atoms with E-state index in [2.05, 4.69) is 11.3 Å². The lowest BCUT2D eigenvalue weighted by Gasteiger charge is -2.11. The standard InChI is InChI=1S/C18H19NO6S/c1-4-8-25-13-7-6-12(9-14(13)24-5-2)10-15-17(21)19(18(22)26-15)11-16(20)23-3/h4,6-7,9-10H,1,5,8,11H2,2-3H3/b15-10+. The zero-order chi connectivity index (χ0) is 19.1. The molecule has 0 bridgehead atoms. The highest BCUT2D eigenvalue weighted by Crippen LogP contribution is 2.34. The molecular weight excluding hydrogens is 358 g/mol. The number of imide groups is 1. The molecule has 138 valence electrons. The summed E-state index contributed by atoms with van der Waals surface area (Å²) in [6.07, 6.45) is 3.20. The smallest absolute Gasteiger partial charge is 0.325 e. The van der Waals surface area contributed by atoms with Gasteiger partial charge in [0.25, 0.3) is 11.1 Å². The Labute approximate surface area is 155 Å². The van der Waals surface area contributed by atoms with Gasteiger partial charge in [-0.2, -0.15) is 0 Å². The molecule has 0 radical (unpaired) electrons. The first-order valence-corrected chi connectivity index (χ1v) is 8.64. The molecule has 1 aromatic carbocycles. The molecule has 1 heterocycles. The van der Waals surface area contributed by atoms with Crippen molar-refractivity contribution in [3.05, 3.63) is 41.3 Å². The summed E-state index contributed by atoms with van der Waals surface area (Å²) in [7, 11) is 1.20. The molecule has 1 aromatic rings. The van der Waals surface area contributed by atoms with E-state index in [1.807, 2.05) is 6.92 Å². The second-order valence-electron chi connectivity index (χ2n) is 5.08. The Kier molecular flexibility index (Phi) is 6.85. The summed E-state index contributed by atoms with van der Waals surface area (Å²) < 4.78 is 15.6. The number of amides is 2. The second kappa shape index (κ2) is 9.10. The maximum atomic E-state index is 12.3. The fourth-order valence-corrected chi connectivity index (χ4v) is 2.97. The molecule has 1 saturated heterocycles. The first-order valence-electron chi connectivity index (χ1n) is 7.82. The summed E-state index contributed by atoms with van der Waals surface area (Å²) in [5.41, 5.74) is 0.669. The molecule has 1 aliphatic heterocycles. The van der Waals surface area contributed by atoms with Crippen LogP contribution < -0.4 is 9.47 Å². The topological polar surface area (TPSA) is 82.1 Å². The number of methoxy groups -OCH3 is 1. The van der Waals surface area contributed by atoms with E-state index in [9.17, 15) is 14.4 Å². The molecule has 0 unspecified atom stereocenters. The van der Waals surface area contributed by atoms with Gasteiger partial charge in [0.15, 0.2) is 11.5 Å². The van der Waals surface area contributed by atoms with Crippen LogP contribution in [0.2, 0.25) is 0 Å². The van der Waals surface area contributed by atoms with Crippen molar-refractivity contribution in [2.75, 3.05) is 26.9 Å². The van der Waals surface area contributed by atoms with Crippen molar-refractivity contribution < 1.29 is 28.6 Å². The van der Waals surface area contributed by atoms with Crippen molar-refractivity contribution in [1.29, 1.82) is 0 Å². The maximum Gasteiger partial charge on any atom is 0.325 e. The van der Waals surface area contributed by atoms with E-state index in [0.717, 1.165) is 16.7 Å². The number of hydrogen-bond acceptors (Lipinski definition) is 7. The highest BCUT2D eigenvalue weighted by molar-refractivity contribution is 8.18. The molecule has 0 saturated carbocycles. The quantitative estimate of drug-likeness (QED) is 0.391. The van der Waals surface area contributed by atoms with Crippen molar-refractivity contribution in [3.63, 3.8) is 0 Å². The van der Waals surface area contributed by atoms with E-state index in [4.69, 9.17) is 9.47 Å². The van der Waals surface area contributed by atoms with Crippen molar-refractivity contribution in [2.24, 2.45) is 0 Å². The number of carbonyl (C=O) groups is 3. The Bertz CT molecular complexity index is 758. The molecule has 26 heavy (non-hydrogen) atoms. The lowest BCUT2D eigenvalue weighted by molar-refractivity contribution is -0.143. The van der Waals surface area contributed by atoms with Crippen LogP contribution in [0.25, 0.3) is 6.08 Å². The minimum absolute atomic E-state index is 0.223. The highest BCUT2D eigenvalue weighted by Gasteiger charge is 2.36. The number of thioether (sulfide) groups is 1. The summed E-state index contributed by atoms with van der Waals surface area (Å²) in [5.74, 6) is -0.106. The number of ether oxygens (including phenoxy) is 3. The van der Waals surface area contributed by atoms with Crippen molar-refractivity contribution >= 4 is 35.0 Å². The highest BCUT2D eigenvalue weighted by atomic mass is 32.2. The van der Waals surface area contributed by atoms with Crippen LogP contribution in [0, 0.1) is 0 Å². The van der Waals surface area contributed by atoms with E-state index < -0.39 is 23.7 Å². The number of hydrogen-bond donors (Lipinski definition) is 0. The van der Waals surface area contributed by atoms with E-state index >= 15 is 0 Å². The van der Waals surface area contributed by atoms with Gasteiger partial charge in [0.1, 0.15) is 13.2 Å². The van der Waals surface area contributed by atoms with Gasteiger partial charge in [0.2, 0.25) is 0 Å². The van der Waals surface area contributed by atoms with E-state index in [0.29, 0.717) is 30.3 Å². The zero-order valence-electron chi connectivity index (χ0n) is 14.5. The fourth-order valence-electron chi connectivity index (χ4n) is 2.13. The molecule has 1 fully saturated rings. The second-order valence-corrected chi connectivity index (χ2v) is 6.08. The van der Waals surface area contributed by atoms with Crippen LogP contribution in [0.15, 0.2) is 35.8 Å². The normalized spacial score (nSPS) is 15.3. The van der Waals surface area contributed by atoms with Gasteiger partial charge >= 0.3 is 5.97 Å².